The maximum atomic E-state index is 10.2. The number of carbonyl (C=O) groups excluding carboxylic acids is 1. The van der Waals surface area contributed by atoms with Gasteiger partial charge < -0.3 is 17.2 Å². The molecule has 4 nitrogen and oxygen atoms in total. The molecule has 1 atom stereocenters. The standard InChI is InChI=1S/C6H15N3O/c7-4-5(8)2-1-3-6(9)10/h5H,1-4,7-8H2,(H2,9,10). The summed E-state index contributed by atoms with van der Waals surface area (Å²) in [6, 6.07) is 0.0133. The van der Waals surface area contributed by atoms with Crippen LogP contribution in [0.25, 0.3) is 0 Å². The smallest absolute Gasteiger partial charge is 0.217 e. The fraction of sp³-hybridized carbons (Fsp3) is 0.833. The fourth-order valence-electron chi connectivity index (χ4n) is 0.656. The Balaban J connectivity index is 3.11. The molecule has 1 unspecified atom stereocenters. The van der Waals surface area contributed by atoms with E-state index < -0.39 is 0 Å². The molecular weight excluding hydrogens is 130 g/mol. The first-order valence-corrected chi connectivity index (χ1v) is 3.40. The van der Waals surface area contributed by atoms with Gasteiger partial charge in [0.05, 0.1) is 0 Å². The molecule has 0 saturated heterocycles. The van der Waals surface area contributed by atoms with Gasteiger partial charge in [-0.3, -0.25) is 4.79 Å². The topological polar surface area (TPSA) is 95.1 Å². The van der Waals surface area contributed by atoms with Crippen molar-refractivity contribution in [3.63, 3.8) is 0 Å². The first kappa shape index (κ1) is 9.39. The Morgan fingerprint density at radius 3 is 2.50 bits per heavy atom. The van der Waals surface area contributed by atoms with E-state index >= 15 is 0 Å². The molecule has 0 aliphatic heterocycles. The summed E-state index contributed by atoms with van der Waals surface area (Å²) in [5, 5.41) is 0. The molecule has 0 aromatic rings. The summed E-state index contributed by atoms with van der Waals surface area (Å²) in [6.45, 7) is 0.471. The van der Waals surface area contributed by atoms with Crippen molar-refractivity contribution in [2.24, 2.45) is 17.2 Å². The second-order valence-corrected chi connectivity index (χ2v) is 2.35. The molecule has 0 radical (unpaired) electrons. The first-order chi connectivity index (χ1) is 4.66. The van der Waals surface area contributed by atoms with E-state index in [0.29, 0.717) is 13.0 Å². The van der Waals surface area contributed by atoms with Crippen LogP contribution in [0.4, 0.5) is 0 Å². The Morgan fingerprint density at radius 2 is 2.10 bits per heavy atom. The van der Waals surface area contributed by atoms with E-state index in [1.807, 2.05) is 0 Å². The molecule has 10 heavy (non-hydrogen) atoms. The second-order valence-electron chi connectivity index (χ2n) is 2.35. The lowest BCUT2D eigenvalue weighted by Crippen LogP contribution is -2.29. The third-order valence-corrected chi connectivity index (χ3v) is 1.30. The van der Waals surface area contributed by atoms with Crippen LogP contribution in [-0.2, 0) is 4.79 Å². The highest BCUT2D eigenvalue weighted by Crippen LogP contribution is 1.96. The number of amides is 1. The molecule has 0 aromatic carbocycles. The van der Waals surface area contributed by atoms with Gasteiger partial charge in [0, 0.05) is 19.0 Å². The molecule has 0 heterocycles. The van der Waals surface area contributed by atoms with Crippen LogP contribution in [0.15, 0.2) is 0 Å². The summed E-state index contributed by atoms with van der Waals surface area (Å²) in [7, 11) is 0. The number of rotatable bonds is 5. The molecule has 0 aliphatic rings. The molecule has 4 heteroatoms. The maximum absolute atomic E-state index is 10.2. The van der Waals surface area contributed by atoms with Crippen LogP contribution >= 0.6 is 0 Å². The van der Waals surface area contributed by atoms with Gasteiger partial charge in [0.1, 0.15) is 0 Å². The molecule has 0 rings (SSSR count). The van der Waals surface area contributed by atoms with Crippen LogP contribution < -0.4 is 17.2 Å². The minimum absolute atomic E-state index is 0.0133. The number of primary amides is 1. The molecule has 6 N–H and O–H groups in total. The van der Waals surface area contributed by atoms with Crippen molar-refractivity contribution in [1.82, 2.24) is 0 Å². The van der Waals surface area contributed by atoms with E-state index in [4.69, 9.17) is 17.2 Å². The second kappa shape index (κ2) is 5.20. The average molecular weight is 145 g/mol. The van der Waals surface area contributed by atoms with Crippen LogP contribution in [0.1, 0.15) is 19.3 Å². The van der Waals surface area contributed by atoms with E-state index in [1.54, 1.807) is 0 Å². The minimum Gasteiger partial charge on any atom is -0.370 e. The van der Waals surface area contributed by atoms with E-state index in [1.165, 1.54) is 0 Å². The number of hydrogen-bond acceptors (Lipinski definition) is 3. The van der Waals surface area contributed by atoms with Gasteiger partial charge in [0.15, 0.2) is 0 Å². The summed E-state index contributed by atoms with van der Waals surface area (Å²) in [4.78, 5) is 10.2. The molecule has 1 amide bonds. The van der Waals surface area contributed by atoms with Gasteiger partial charge >= 0.3 is 0 Å². The number of carbonyl (C=O) groups is 1. The summed E-state index contributed by atoms with van der Waals surface area (Å²) < 4.78 is 0. The van der Waals surface area contributed by atoms with Crippen molar-refractivity contribution in [2.75, 3.05) is 6.54 Å². The Morgan fingerprint density at radius 1 is 1.50 bits per heavy atom. The average Bonchev–Trinajstić information content (AvgIpc) is 1.87. The lowest BCUT2D eigenvalue weighted by atomic mass is 10.1. The van der Waals surface area contributed by atoms with E-state index in [-0.39, 0.29) is 11.9 Å². The van der Waals surface area contributed by atoms with Gasteiger partial charge in [0.2, 0.25) is 5.91 Å². The lowest BCUT2D eigenvalue weighted by Gasteiger charge is -2.05. The van der Waals surface area contributed by atoms with Crippen LogP contribution in [0, 0.1) is 0 Å². The van der Waals surface area contributed by atoms with Crippen LogP contribution in [-0.4, -0.2) is 18.5 Å². The first-order valence-electron chi connectivity index (χ1n) is 3.40. The zero-order chi connectivity index (χ0) is 7.98. The Bertz CT molecular complexity index is 105. The number of hydrogen-bond donors (Lipinski definition) is 3. The van der Waals surface area contributed by atoms with Crippen molar-refractivity contribution in [1.29, 1.82) is 0 Å². The summed E-state index contributed by atoms with van der Waals surface area (Å²) in [5.74, 6) is -0.274. The van der Waals surface area contributed by atoms with Gasteiger partial charge in [-0.15, -0.1) is 0 Å². The van der Waals surface area contributed by atoms with Gasteiger partial charge in [-0.25, -0.2) is 0 Å². The number of nitrogens with two attached hydrogens (primary N) is 3. The highest BCUT2D eigenvalue weighted by molar-refractivity contribution is 5.73. The molecular formula is C6H15N3O. The van der Waals surface area contributed by atoms with E-state index in [9.17, 15) is 4.79 Å². The summed E-state index contributed by atoms with van der Waals surface area (Å²) in [6.07, 6.45) is 1.93. The van der Waals surface area contributed by atoms with Gasteiger partial charge in [-0.05, 0) is 12.8 Å². The van der Waals surface area contributed by atoms with Crippen LogP contribution in [0.3, 0.4) is 0 Å². The Kier molecular flexibility index (Phi) is 4.88. The summed E-state index contributed by atoms with van der Waals surface area (Å²) in [5.41, 5.74) is 15.6. The molecule has 60 valence electrons. The van der Waals surface area contributed by atoms with Gasteiger partial charge in [-0.2, -0.15) is 0 Å². The van der Waals surface area contributed by atoms with Crippen molar-refractivity contribution in [3.8, 4) is 0 Å². The molecule has 0 saturated carbocycles. The predicted molar refractivity (Wildman–Crippen MR) is 40.1 cm³/mol. The fourth-order valence-corrected chi connectivity index (χ4v) is 0.656. The molecule has 0 bridgehead atoms. The Labute approximate surface area is 60.7 Å². The van der Waals surface area contributed by atoms with Gasteiger partial charge in [0.25, 0.3) is 0 Å². The van der Waals surface area contributed by atoms with Crippen molar-refractivity contribution < 1.29 is 4.79 Å². The van der Waals surface area contributed by atoms with Crippen molar-refractivity contribution >= 4 is 5.91 Å². The quantitative estimate of drug-likeness (QED) is 0.459. The van der Waals surface area contributed by atoms with Gasteiger partial charge in [-0.1, -0.05) is 0 Å². The highest BCUT2D eigenvalue weighted by atomic mass is 16.1. The zero-order valence-electron chi connectivity index (χ0n) is 6.05. The molecule has 0 aliphatic carbocycles. The monoisotopic (exact) mass is 145 g/mol. The SMILES string of the molecule is NCC(N)CCCC(N)=O. The van der Waals surface area contributed by atoms with E-state index in [0.717, 1.165) is 12.8 Å². The zero-order valence-corrected chi connectivity index (χ0v) is 6.05. The van der Waals surface area contributed by atoms with Crippen molar-refractivity contribution in [3.05, 3.63) is 0 Å². The normalized spacial score (nSPS) is 13.0. The summed E-state index contributed by atoms with van der Waals surface area (Å²) >= 11 is 0. The van der Waals surface area contributed by atoms with E-state index in [2.05, 4.69) is 0 Å². The highest BCUT2D eigenvalue weighted by Gasteiger charge is 1.99. The Hall–Kier alpha value is -0.610. The largest absolute Gasteiger partial charge is 0.370 e. The predicted octanol–water partition coefficient (Wildman–Crippen LogP) is -1.07. The lowest BCUT2D eigenvalue weighted by molar-refractivity contribution is -0.118. The molecule has 0 spiro atoms. The van der Waals surface area contributed by atoms with Crippen LogP contribution in [0.5, 0.6) is 0 Å². The molecule has 0 aromatic heterocycles. The van der Waals surface area contributed by atoms with Crippen molar-refractivity contribution in [2.45, 2.75) is 25.3 Å². The third-order valence-electron chi connectivity index (χ3n) is 1.30. The third kappa shape index (κ3) is 5.53. The van der Waals surface area contributed by atoms with Crippen LogP contribution in [0.2, 0.25) is 0 Å². The maximum Gasteiger partial charge on any atom is 0.217 e. The minimum atomic E-state index is -0.274. The molecule has 0 fully saturated rings.